The highest BCUT2D eigenvalue weighted by atomic mass is 32.2. The number of aliphatic hydroxyl groups is 1. The molecule has 1 aliphatic rings. The van der Waals surface area contributed by atoms with Gasteiger partial charge in [-0.3, -0.25) is 4.21 Å². The minimum atomic E-state index is -0.928. The summed E-state index contributed by atoms with van der Waals surface area (Å²) in [5, 5.41) is 13.9. The first-order valence-corrected chi connectivity index (χ1v) is 9.68. The molecule has 20 heavy (non-hydrogen) atoms. The summed E-state index contributed by atoms with van der Waals surface area (Å²) in [4.78, 5) is 0.851. The number of nitrogens with one attached hydrogen (secondary N) is 1. The summed E-state index contributed by atoms with van der Waals surface area (Å²) >= 11 is 1.92. The van der Waals surface area contributed by atoms with E-state index in [2.05, 4.69) is 12.2 Å². The van der Waals surface area contributed by atoms with Crippen LogP contribution in [0.2, 0.25) is 0 Å². The summed E-state index contributed by atoms with van der Waals surface area (Å²) in [6.45, 7) is 2.73. The van der Waals surface area contributed by atoms with Crippen molar-refractivity contribution in [1.29, 1.82) is 0 Å². The van der Waals surface area contributed by atoms with Gasteiger partial charge in [0.2, 0.25) is 0 Å². The third kappa shape index (κ3) is 4.32. The Morgan fingerprint density at radius 3 is 2.50 bits per heavy atom. The molecule has 0 unspecified atom stereocenters. The molecule has 1 aromatic rings. The Kier molecular flexibility index (Phi) is 5.66. The van der Waals surface area contributed by atoms with Crippen LogP contribution in [0.4, 0.5) is 0 Å². The molecule has 112 valence electrons. The number of benzene rings is 1. The Bertz CT molecular complexity index is 455. The molecular formula is C15H23NO2S2. The molecule has 0 bridgehead atoms. The highest BCUT2D eigenvalue weighted by Gasteiger charge is 2.29. The van der Waals surface area contributed by atoms with Crippen molar-refractivity contribution in [1.82, 2.24) is 5.32 Å². The molecule has 3 nitrogen and oxygen atoms in total. The predicted molar refractivity (Wildman–Crippen MR) is 86.7 cm³/mol. The van der Waals surface area contributed by atoms with Gasteiger partial charge in [0.05, 0.1) is 5.60 Å². The lowest BCUT2D eigenvalue weighted by Crippen LogP contribution is -2.44. The van der Waals surface area contributed by atoms with Crippen molar-refractivity contribution >= 4 is 22.6 Å². The number of thioether (sulfide) groups is 1. The average molecular weight is 313 g/mol. The van der Waals surface area contributed by atoms with Crippen LogP contribution in [0.5, 0.6) is 0 Å². The van der Waals surface area contributed by atoms with Crippen LogP contribution in [0.15, 0.2) is 29.2 Å². The fourth-order valence-electron chi connectivity index (χ4n) is 2.34. The van der Waals surface area contributed by atoms with Gasteiger partial charge in [0.15, 0.2) is 0 Å². The van der Waals surface area contributed by atoms with Gasteiger partial charge in [-0.15, -0.1) is 0 Å². The Labute approximate surface area is 128 Å². The van der Waals surface area contributed by atoms with Crippen LogP contribution in [0.3, 0.4) is 0 Å². The maximum absolute atomic E-state index is 11.4. The lowest BCUT2D eigenvalue weighted by molar-refractivity contribution is 0.0300. The Balaban J connectivity index is 1.90. The van der Waals surface area contributed by atoms with E-state index in [0.29, 0.717) is 6.54 Å². The summed E-state index contributed by atoms with van der Waals surface area (Å²) < 4.78 is 11.4. The molecular weight excluding hydrogens is 290 g/mol. The molecule has 5 heteroatoms. The van der Waals surface area contributed by atoms with Crippen molar-refractivity contribution in [2.45, 2.75) is 36.3 Å². The van der Waals surface area contributed by atoms with E-state index in [0.717, 1.165) is 34.8 Å². The second-order valence-corrected chi connectivity index (χ2v) is 8.07. The van der Waals surface area contributed by atoms with Crippen molar-refractivity contribution in [3.05, 3.63) is 29.8 Å². The van der Waals surface area contributed by atoms with E-state index in [4.69, 9.17) is 0 Å². The maximum Gasteiger partial charge on any atom is 0.0787 e. The van der Waals surface area contributed by atoms with Gasteiger partial charge in [-0.05, 0) is 49.0 Å². The van der Waals surface area contributed by atoms with Crippen LogP contribution in [-0.2, 0) is 10.8 Å². The number of hydrogen-bond acceptors (Lipinski definition) is 4. The second-order valence-electron chi connectivity index (χ2n) is 5.46. The van der Waals surface area contributed by atoms with Gasteiger partial charge in [-0.25, -0.2) is 0 Å². The van der Waals surface area contributed by atoms with E-state index in [1.54, 1.807) is 6.26 Å². The molecule has 1 aromatic carbocycles. The molecule has 1 aliphatic heterocycles. The summed E-state index contributed by atoms with van der Waals surface area (Å²) in [5.74, 6) is 2.09. The first kappa shape index (κ1) is 16.0. The van der Waals surface area contributed by atoms with E-state index in [1.807, 2.05) is 36.0 Å². The molecule has 0 aliphatic carbocycles. The minimum Gasteiger partial charge on any atom is -0.389 e. The Hall–Kier alpha value is -0.360. The van der Waals surface area contributed by atoms with Crippen LogP contribution >= 0.6 is 11.8 Å². The molecule has 1 heterocycles. The molecule has 0 amide bonds. The van der Waals surface area contributed by atoms with Gasteiger partial charge in [0, 0.05) is 34.5 Å². The molecule has 0 aromatic heterocycles. The Morgan fingerprint density at radius 2 is 1.95 bits per heavy atom. The van der Waals surface area contributed by atoms with Gasteiger partial charge >= 0.3 is 0 Å². The minimum absolute atomic E-state index is 0.188. The molecule has 2 rings (SSSR count). The third-order valence-corrected chi connectivity index (χ3v) is 5.79. The van der Waals surface area contributed by atoms with Crippen molar-refractivity contribution in [3.63, 3.8) is 0 Å². The molecule has 0 saturated carbocycles. The zero-order valence-corrected chi connectivity index (χ0v) is 13.7. The zero-order chi connectivity index (χ0) is 14.6. The van der Waals surface area contributed by atoms with Crippen LogP contribution in [-0.4, -0.2) is 39.2 Å². The number of hydrogen-bond donors (Lipinski definition) is 2. The Morgan fingerprint density at radius 1 is 1.35 bits per heavy atom. The summed E-state index contributed by atoms with van der Waals surface area (Å²) in [6, 6.07) is 8.03. The van der Waals surface area contributed by atoms with Crippen LogP contribution in [0.1, 0.15) is 31.4 Å². The van der Waals surface area contributed by atoms with Crippen molar-refractivity contribution in [3.8, 4) is 0 Å². The van der Waals surface area contributed by atoms with E-state index < -0.39 is 16.4 Å². The predicted octanol–water partition coefficient (Wildman–Crippen LogP) is 2.33. The first-order chi connectivity index (χ1) is 9.50. The van der Waals surface area contributed by atoms with Crippen molar-refractivity contribution in [2.24, 2.45) is 0 Å². The monoisotopic (exact) mass is 313 g/mol. The lowest BCUT2D eigenvalue weighted by Gasteiger charge is -2.33. The second kappa shape index (κ2) is 7.07. The van der Waals surface area contributed by atoms with E-state index >= 15 is 0 Å². The third-order valence-electron chi connectivity index (χ3n) is 3.87. The molecule has 1 fully saturated rings. The highest BCUT2D eigenvalue weighted by Crippen LogP contribution is 2.27. The normalized spacial score (nSPS) is 21.4. The van der Waals surface area contributed by atoms with E-state index in [-0.39, 0.29) is 6.04 Å². The van der Waals surface area contributed by atoms with Crippen LogP contribution in [0, 0.1) is 0 Å². The summed E-state index contributed by atoms with van der Waals surface area (Å²) in [7, 11) is -0.928. The molecule has 0 spiro atoms. The summed E-state index contributed by atoms with van der Waals surface area (Å²) in [6.07, 6.45) is 3.42. The SMILES string of the molecule is C[C@@H](NCC1(O)CCSCC1)c1ccc([S@@](C)=O)cc1. The standard InChI is InChI=1S/C15H23NO2S2/c1-12(13-3-5-14(6-4-13)20(2)18)16-11-15(17)7-9-19-10-8-15/h3-6,12,16-17H,7-11H2,1-2H3/t12-,20-/m1/s1. The van der Waals surface area contributed by atoms with Gasteiger partial charge in [0.1, 0.15) is 0 Å². The van der Waals surface area contributed by atoms with Gasteiger partial charge in [-0.2, -0.15) is 11.8 Å². The number of rotatable bonds is 5. The fraction of sp³-hybridized carbons (Fsp3) is 0.600. The quantitative estimate of drug-likeness (QED) is 0.876. The van der Waals surface area contributed by atoms with E-state index in [9.17, 15) is 9.32 Å². The average Bonchev–Trinajstić information content (AvgIpc) is 2.46. The molecule has 2 N–H and O–H groups in total. The first-order valence-electron chi connectivity index (χ1n) is 6.97. The maximum atomic E-state index is 11.4. The van der Waals surface area contributed by atoms with Crippen LogP contribution < -0.4 is 5.32 Å². The van der Waals surface area contributed by atoms with E-state index in [1.165, 1.54) is 0 Å². The zero-order valence-electron chi connectivity index (χ0n) is 12.1. The van der Waals surface area contributed by atoms with Gasteiger partial charge in [0.25, 0.3) is 0 Å². The van der Waals surface area contributed by atoms with Gasteiger partial charge < -0.3 is 10.4 Å². The topological polar surface area (TPSA) is 49.3 Å². The summed E-state index contributed by atoms with van der Waals surface area (Å²) in [5.41, 5.74) is 0.609. The van der Waals surface area contributed by atoms with Crippen LogP contribution in [0.25, 0.3) is 0 Å². The van der Waals surface area contributed by atoms with Crippen molar-refractivity contribution < 1.29 is 9.32 Å². The molecule has 1 saturated heterocycles. The fourth-order valence-corrected chi connectivity index (χ4v) is 4.11. The van der Waals surface area contributed by atoms with Crippen molar-refractivity contribution in [2.75, 3.05) is 24.3 Å². The lowest BCUT2D eigenvalue weighted by atomic mass is 9.96. The largest absolute Gasteiger partial charge is 0.389 e. The molecule has 2 atom stereocenters. The smallest absolute Gasteiger partial charge is 0.0787 e. The molecule has 0 radical (unpaired) electrons. The van der Waals surface area contributed by atoms with Gasteiger partial charge in [-0.1, -0.05) is 12.1 Å². The highest BCUT2D eigenvalue weighted by molar-refractivity contribution is 7.99.